The van der Waals surface area contributed by atoms with Gasteiger partial charge in [0, 0.05) is 25.0 Å². The largest absolute Gasteiger partial charge is 0.458 e. The van der Waals surface area contributed by atoms with Crippen LogP contribution in [0, 0.1) is 10.1 Å². The summed E-state index contributed by atoms with van der Waals surface area (Å²) in [5, 5.41) is 12.1. The molecule has 9 heteroatoms. The van der Waals surface area contributed by atoms with Crippen molar-refractivity contribution in [1.29, 1.82) is 0 Å². The van der Waals surface area contributed by atoms with E-state index < -0.39 is 16.6 Å². The highest BCUT2D eigenvalue weighted by molar-refractivity contribution is 8.03. The first-order chi connectivity index (χ1) is 11.0. The van der Waals surface area contributed by atoms with Crippen molar-refractivity contribution < 1.29 is 14.5 Å². The lowest BCUT2D eigenvalue weighted by molar-refractivity contribution is -0.422. The molecule has 1 aromatic heterocycles. The van der Waals surface area contributed by atoms with Crippen LogP contribution in [0.5, 0.6) is 0 Å². The lowest BCUT2D eigenvalue weighted by Crippen LogP contribution is -2.31. The van der Waals surface area contributed by atoms with Gasteiger partial charge in [-0.15, -0.1) is 11.8 Å². The maximum absolute atomic E-state index is 11.9. The van der Waals surface area contributed by atoms with Gasteiger partial charge in [0.15, 0.2) is 5.03 Å². The van der Waals surface area contributed by atoms with Crippen LogP contribution in [0.3, 0.4) is 0 Å². The van der Waals surface area contributed by atoms with Gasteiger partial charge in [-0.25, -0.2) is 9.78 Å². The number of carbonyl (C=O) groups is 1. The molecule has 0 amide bonds. The summed E-state index contributed by atoms with van der Waals surface area (Å²) in [4.78, 5) is 28.4. The van der Waals surface area contributed by atoms with E-state index in [-0.39, 0.29) is 6.61 Å². The van der Waals surface area contributed by atoms with Crippen LogP contribution in [-0.4, -0.2) is 39.7 Å². The fraction of sp³-hybridized carbons (Fsp3) is 0.429. The van der Waals surface area contributed by atoms with E-state index in [0.29, 0.717) is 23.3 Å². The van der Waals surface area contributed by atoms with Crippen molar-refractivity contribution in [2.45, 2.75) is 19.9 Å². The van der Waals surface area contributed by atoms with Gasteiger partial charge in [0.1, 0.15) is 5.15 Å². The first kappa shape index (κ1) is 17.6. The number of carbonyl (C=O) groups excluding carboxylic acids is 1. The van der Waals surface area contributed by atoms with Gasteiger partial charge in [-0.3, -0.25) is 10.1 Å². The summed E-state index contributed by atoms with van der Waals surface area (Å²) in [7, 11) is 0. The smallest absolute Gasteiger partial charge is 0.412 e. The normalized spacial score (nSPS) is 16.9. The molecule has 2 heterocycles. The SMILES string of the molecule is CCOC(=O)/C(=C1\SCCCN1Cc1ccc(Cl)nc1)[N+](=O)[O-]. The zero-order valence-corrected chi connectivity index (χ0v) is 14.1. The quantitative estimate of drug-likeness (QED) is 0.263. The summed E-state index contributed by atoms with van der Waals surface area (Å²) in [5.41, 5.74) is 0.361. The van der Waals surface area contributed by atoms with Gasteiger partial charge in [-0.2, -0.15) is 0 Å². The van der Waals surface area contributed by atoms with Gasteiger partial charge in [0.2, 0.25) is 0 Å². The Morgan fingerprint density at radius 1 is 1.57 bits per heavy atom. The van der Waals surface area contributed by atoms with Gasteiger partial charge in [-0.05, 0) is 25.0 Å². The number of thioether (sulfide) groups is 1. The molecule has 124 valence electrons. The highest BCUT2D eigenvalue weighted by Crippen LogP contribution is 2.31. The second-order valence-corrected chi connectivity index (χ2v) is 6.21. The zero-order valence-electron chi connectivity index (χ0n) is 12.5. The standard InChI is InChI=1S/C14H16ClN3O4S/c1-2-22-14(19)12(18(20)21)13-17(6-3-7-23-13)9-10-4-5-11(15)16-8-10/h4-5,8H,2-3,6-7,9H2,1H3/b13-12+. The number of ether oxygens (including phenoxy) is 1. The molecule has 1 saturated heterocycles. The second kappa shape index (κ2) is 8.16. The Balaban J connectivity index is 2.31. The molecular weight excluding hydrogens is 342 g/mol. The van der Waals surface area contributed by atoms with Crippen LogP contribution >= 0.6 is 23.4 Å². The number of aromatic nitrogens is 1. The van der Waals surface area contributed by atoms with Crippen molar-refractivity contribution in [2.24, 2.45) is 0 Å². The Morgan fingerprint density at radius 2 is 2.35 bits per heavy atom. The van der Waals surface area contributed by atoms with E-state index in [1.807, 2.05) is 11.0 Å². The van der Waals surface area contributed by atoms with Crippen LogP contribution in [0.2, 0.25) is 5.15 Å². The molecule has 7 nitrogen and oxygen atoms in total. The van der Waals surface area contributed by atoms with Crippen molar-refractivity contribution in [1.82, 2.24) is 9.88 Å². The molecule has 1 aliphatic rings. The highest BCUT2D eigenvalue weighted by Gasteiger charge is 2.34. The van der Waals surface area contributed by atoms with E-state index in [9.17, 15) is 14.9 Å². The summed E-state index contributed by atoms with van der Waals surface area (Å²) in [6, 6.07) is 3.47. The average molecular weight is 358 g/mol. The Hall–Kier alpha value is -1.80. The van der Waals surface area contributed by atoms with Crippen molar-refractivity contribution in [2.75, 3.05) is 18.9 Å². The zero-order chi connectivity index (χ0) is 16.8. The summed E-state index contributed by atoms with van der Waals surface area (Å²) in [6.07, 6.45) is 2.50. The minimum absolute atomic E-state index is 0.0925. The molecule has 0 aromatic carbocycles. The van der Waals surface area contributed by atoms with Crippen molar-refractivity contribution in [3.8, 4) is 0 Å². The van der Waals surface area contributed by atoms with E-state index in [2.05, 4.69) is 4.98 Å². The topological polar surface area (TPSA) is 85.6 Å². The lowest BCUT2D eigenvalue weighted by atomic mass is 10.2. The number of pyridine rings is 1. The third kappa shape index (κ3) is 4.59. The molecule has 2 rings (SSSR count). The van der Waals surface area contributed by atoms with Gasteiger partial charge >= 0.3 is 11.7 Å². The predicted octanol–water partition coefficient (Wildman–Crippen LogP) is 2.68. The molecule has 0 aliphatic carbocycles. The van der Waals surface area contributed by atoms with Gasteiger partial charge in [0.25, 0.3) is 0 Å². The maximum atomic E-state index is 11.9. The molecule has 1 aromatic rings. The fourth-order valence-electron chi connectivity index (χ4n) is 2.15. The van der Waals surface area contributed by atoms with E-state index in [1.165, 1.54) is 11.8 Å². The molecule has 23 heavy (non-hydrogen) atoms. The summed E-state index contributed by atoms with van der Waals surface area (Å²) >= 11 is 7.06. The number of esters is 1. The van der Waals surface area contributed by atoms with Crippen LogP contribution in [0.25, 0.3) is 0 Å². The molecule has 0 atom stereocenters. The number of halogens is 1. The summed E-state index contributed by atoms with van der Waals surface area (Å²) < 4.78 is 4.82. The number of nitro groups is 1. The average Bonchev–Trinajstić information content (AvgIpc) is 2.51. The minimum Gasteiger partial charge on any atom is -0.458 e. The maximum Gasteiger partial charge on any atom is 0.412 e. The monoisotopic (exact) mass is 357 g/mol. The Kier molecular flexibility index (Phi) is 6.23. The van der Waals surface area contributed by atoms with E-state index in [4.69, 9.17) is 16.3 Å². The molecule has 0 saturated carbocycles. The summed E-state index contributed by atoms with van der Waals surface area (Å²) in [5.74, 6) is -0.178. The minimum atomic E-state index is -0.902. The molecule has 0 unspecified atom stereocenters. The van der Waals surface area contributed by atoms with Gasteiger partial charge in [-0.1, -0.05) is 17.7 Å². The van der Waals surface area contributed by atoms with Crippen LogP contribution in [0.4, 0.5) is 0 Å². The molecule has 0 radical (unpaired) electrons. The highest BCUT2D eigenvalue weighted by atomic mass is 35.5. The summed E-state index contributed by atoms with van der Waals surface area (Å²) in [6.45, 7) is 2.76. The first-order valence-corrected chi connectivity index (χ1v) is 8.43. The molecular formula is C14H16ClN3O4S. The van der Waals surface area contributed by atoms with E-state index in [1.54, 1.807) is 19.2 Å². The van der Waals surface area contributed by atoms with Crippen LogP contribution < -0.4 is 0 Å². The third-order valence-electron chi connectivity index (χ3n) is 3.11. The second-order valence-electron chi connectivity index (χ2n) is 4.74. The molecule has 1 aliphatic heterocycles. The van der Waals surface area contributed by atoms with E-state index >= 15 is 0 Å². The van der Waals surface area contributed by atoms with Crippen molar-refractivity contribution in [3.63, 3.8) is 0 Å². The molecule has 0 spiro atoms. The van der Waals surface area contributed by atoms with Crippen LogP contribution in [0.1, 0.15) is 18.9 Å². The number of hydrogen-bond donors (Lipinski definition) is 0. The number of rotatable bonds is 5. The van der Waals surface area contributed by atoms with Gasteiger partial charge in [0.05, 0.1) is 11.5 Å². The van der Waals surface area contributed by atoms with Gasteiger partial charge < -0.3 is 9.64 Å². The number of hydrogen-bond acceptors (Lipinski definition) is 7. The Morgan fingerprint density at radius 3 is 2.96 bits per heavy atom. The fourth-order valence-corrected chi connectivity index (χ4v) is 3.36. The molecule has 0 bridgehead atoms. The van der Waals surface area contributed by atoms with Crippen molar-refractivity contribution >= 4 is 29.3 Å². The van der Waals surface area contributed by atoms with E-state index in [0.717, 1.165) is 17.7 Å². The lowest BCUT2D eigenvalue weighted by Gasteiger charge is -2.30. The number of nitrogens with zero attached hydrogens (tertiary/aromatic N) is 3. The van der Waals surface area contributed by atoms with Crippen LogP contribution in [-0.2, 0) is 16.1 Å². The Labute approximate surface area is 142 Å². The van der Waals surface area contributed by atoms with Crippen LogP contribution in [0.15, 0.2) is 29.1 Å². The Bertz CT molecular complexity index is 621. The molecule has 0 N–H and O–H groups in total. The first-order valence-electron chi connectivity index (χ1n) is 7.07. The predicted molar refractivity (Wildman–Crippen MR) is 87.4 cm³/mol. The third-order valence-corrected chi connectivity index (χ3v) is 4.56. The molecule has 1 fully saturated rings. The van der Waals surface area contributed by atoms with Crippen molar-refractivity contribution in [3.05, 3.63) is 49.9 Å².